The Kier molecular flexibility index (Phi) is 6.04. The number of urea groups is 1. The molecule has 2 rings (SSSR count). The molecule has 2 amide bonds. The summed E-state index contributed by atoms with van der Waals surface area (Å²) < 4.78 is 0. The van der Waals surface area contributed by atoms with E-state index in [0.717, 1.165) is 6.54 Å². The Labute approximate surface area is 115 Å². The van der Waals surface area contributed by atoms with Crippen molar-refractivity contribution in [3.8, 4) is 5.75 Å². The highest BCUT2D eigenvalue weighted by atomic mass is 35.5. The number of aliphatic hydroxyl groups is 1. The molecule has 7 heteroatoms. The van der Waals surface area contributed by atoms with Crippen LogP contribution in [0.5, 0.6) is 5.75 Å². The van der Waals surface area contributed by atoms with Crippen molar-refractivity contribution in [3.05, 3.63) is 28.2 Å². The van der Waals surface area contributed by atoms with Gasteiger partial charge in [-0.3, -0.25) is 0 Å². The molecule has 0 bridgehead atoms. The molecule has 1 aliphatic rings. The molecule has 1 fully saturated rings. The predicted molar refractivity (Wildman–Crippen MR) is 70.2 cm³/mol. The van der Waals surface area contributed by atoms with Gasteiger partial charge in [0.15, 0.2) is 0 Å². The van der Waals surface area contributed by atoms with Crippen molar-refractivity contribution in [2.75, 3.05) is 26.2 Å². The van der Waals surface area contributed by atoms with E-state index in [1.165, 1.54) is 12.1 Å². The molecule has 1 heterocycles. The smallest absolute Gasteiger partial charge is 0.317 e. The summed E-state index contributed by atoms with van der Waals surface area (Å²) in [7, 11) is 0. The molecule has 100 valence electrons. The van der Waals surface area contributed by atoms with E-state index in [9.17, 15) is 4.79 Å². The van der Waals surface area contributed by atoms with Crippen LogP contribution in [-0.2, 0) is 0 Å². The molecule has 0 radical (unpaired) electrons. The minimum atomic E-state index is -0.0657. The van der Waals surface area contributed by atoms with Gasteiger partial charge >= 0.3 is 6.03 Å². The number of rotatable bonds is 2. The zero-order valence-electron chi connectivity index (χ0n) is 9.57. The highest BCUT2D eigenvalue weighted by Gasteiger charge is 2.17. The van der Waals surface area contributed by atoms with Crippen molar-refractivity contribution in [3.63, 3.8) is 0 Å². The number of phenolic OH excluding ortho intramolecular Hbond substituents is 1. The van der Waals surface area contributed by atoms with Crippen LogP contribution in [0.15, 0.2) is 18.2 Å². The van der Waals surface area contributed by atoms with Crippen molar-refractivity contribution in [1.82, 2.24) is 10.2 Å². The molecule has 1 aliphatic heterocycles. The number of carbonyl (C=O) groups is 1. The highest BCUT2D eigenvalue weighted by Crippen LogP contribution is 2.24. The zero-order chi connectivity index (χ0) is 13.5. The van der Waals surface area contributed by atoms with E-state index in [0.29, 0.717) is 23.1 Å². The summed E-state index contributed by atoms with van der Waals surface area (Å²) >= 11 is 11.1. The molecule has 0 unspecified atom stereocenters. The molecular formula is C11H14Cl2N2O3. The van der Waals surface area contributed by atoms with Gasteiger partial charge in [0.25, 0.3) is 0 Å². The molecule has 1 saturated heterocycles. The third kappa shape index (κ3) is 4.60. The van der Waals surface area contributed by atoms with Gasteiger partial charge in [-0.2, -0.15) is 0 Å². The average Bonchev–Trinajstić information content (AvgIpc) is 2.72. The van der Waals surface area contributed by atoms with Crippen LogP contribution in [0.1, 0.15) is 0 Å². The number of carbonyl (C=O) groups excluding carboxylic acids is 1. The lowest BCUT2D eigenvalue weighted by Crippen LogP contribution is -2.30. The first-order valence-electron chi connectivity index (χ1n) is 5.32. The second-order valence-electron chi connectivity index (χ2n) is 3.54. The van der Waals surface area contributed by atoms with E-state index in [1.54, 1.807) is 11.0 Å². The van der Waals surface area contributed by atoms with Gasteiger partial charge in [0.1, 0.15) is 5.75 Å². The molecule has 0 atom stereocenters. The summed E-state index contributed by atoms with van der Waals surface area (Å²) in [6, 6.07) is 4.35. The summed E-state index contributed by atoms with van der Waals surface area (Å²) in [5.41, 5.74) is 0. The summed E-state index contributed by atoms with van der Waals surface area (Å²) in [5.74, 6) is 0.129. The van der Waals surface area contributed by atoms with Gasteiger partial charge in [-0.1, -0.05) is 23.2 Å². The SMILES string of the molecule is O=C1NCCN1CCO.Oc1ccc(Cl)c(Cl)c1. The molecule has 0 spiro atoms. The number of phenols is 1. The van der Waals surface area contributed by atoms with Gasteiger partial charge in [0.2, 0.25) is 0 Å². The maximum atomic E-state index is 10.7. The third-order valence-electron chi connectivity index (χ3n) is 2.22. The van der Waals surface area contributed by atoms with E-state index in [1.807, 2.05) is 0 Å². The Morgan fingerprint density at radius 1 is 1.33 bits per heavy atom. The van der Waals surface area contributed by atoms with Gasteiger partial charge in [-0.25, -0.2) is 4.79 Å². The first-order valence-corrected chi connectivity index (χ1v) is 6.08. The fourth-order valence-corrected chi connectivity index (χ4v) is 1.62. The quantitative estimate of drug-likeness (QED) is 0.777. The van der Waals surface area contributed by atoms with Crippen molar-refractivity contribution in [2.24, 2.45) is 0 Å². The number of aromatic hydroxyl groups is 1. The fraction of sp³-hybridized carbons (Fsp3) is 0.364. The fourth-order valence-electron chi connectivity index (χ4n) is 1.33. The van der Waals surface area contributed by atoms with E-state index < -0.39 is 0 Å². The molecule has 3 N–H and O–H groups in total. The largest absolute Gasteiger partial charge is 0.508 e. The highest BCUT2D eigenvalue weighted by molar-refractivity contribution is 6.42. The second kappa shape index (κ2) is 7.31. The molecule has 1 aromatic carbocycles. The summed E-state index contributed by atoms with van der Waals surface area (Å²) in [6.07, 6.45) is 0. The van der Waals surface area contributed by atoms with Crippen molar-refractivity contribution >= 4 is 29.2 Å². The zero-order valence-corrected chi connectivity index (χ0v) is 11.1. The Hall–Kier alpha value is -1.17. The molecule has 18 heavy (non-hydrogen) atoms. The van der Waals surface area contributed by atoms with Crippen LogP contribution < -0.4 is 5.32 Å². The summed E-state index contributed by atoms with van der Waals surface area (Å²) in [6.45, 7) is 1.93. The summed E-state index contributed by atoms with van der Waals surface area (Å²) in [5, 5.41) is 20.7. The van der Waals surface area contributed by atoms with E-state index in [2.05, 4.69) is 5.32 Å². The lowest BCUT2D eigenvalue weighted by Gasteiger charge is -2.10. The number of β-amino-alcohol motifs (C(OH)–C–C–N with tert-alkyl or cyclic N) is 1. The van der Waals surface area contributed by atoms with E-state index in [-0.39, 0.29) is 18.4 Å². The second-order valence-corrected chi connectivity index (χ2v) is 4.36. The van der Waals surface area contributed by atoms with Crippen molar-refractivity contribution in [1.29, 1.82) is 0 Å². The van der Waals surface area contributed by atoms with Crippen LogP contribution in [0.2, 0.25) is 10.0 Å². The molecular weight excluding hydrogens is 279 g/mol. The van der Waals surface area contributed by atoms with Crippen LogP contribution in [-0.4, -0.2) is 47.4 Å². The van der Waals surface area contributed by atoms with Gasteiger partial charge in [0.05, 0.1) is 16.7 Å². The average molecular weight is 293 g/mol. The van der Waals surface area contributed by atoms with Gasteiger partial charge < -0.3 is 20.4 Å². The Bertz CT molecular complexity index is 415. The number of nitrogens with one attached hydrogen (secondary N) is 1. The topological polar surface area (TPSA) is 72.8 Å². The standard InChI is InChI=1S/C6H4Cl2O.C5H10N2O2/c7-5-2-1-4(9)3-6(5)8;8-4-3-7-2-1-6-5(7)9/h1-3,9H;8H,1-4H2,(H,6,9). The molecule has 1 aromatic rings. The van der Waals surface area contributed by atoms with E-state index >= 15 is 0 Å². The summed E-state index contributed by atoms with van der Waals surface area (Å²) in [4.78, 5) is 12.3. The molecule has 0 aromatic heterocycles. The normalized spacial score (nSPS) is 13.9. The Balaban J connectivity index is 0.000000180. The van der Waals surface area contributed by atoms with Crippen LogP contribution in [0, 0.1) is 0 Å². The monoisotopic (exact) mass is 292 g/mol. The number of nitrogens with zero attached hydrogens (tertiary/aromatic N) is 1. The number of halogens is 2. The first-order chi connectivity index (χ1) is 8.54. The number of benzene rings is 1. The number of hydrogen-bond acceptors (Lipinski definition) is 3. The van der Waals surface area contributed by atoms with Crippen LogP contribution in [0.4, 0.5) is 4.79 Å². The Morgan fingerprint density at radius 3 is 2.50 bits per heavy atom. The minimum absolute atomic E-state index is 0.0490. The van der Waals surface area contributed by atoms with Crippen LogP contribution in [0.3, 0.4) is 0 Å². The van der Waals surface area contributed by atoms with Crippen molar-refractivity contribution in [2.45, 2.75) is 0 Å². The number of aliphatic hydroxyl groups excluding tert-OH is 1. The molecule has 0 aliphatic carbocycles. The lowest BCUT2D eigenvalue weighted by atomic mass is 10.3. The van der Waals surface area contributed by atoms with E-state index in [4.69, 9.17) is 33.4 Å². The van der Waals surface area contributed by atoms with Crippen molar-refractivity contribution < 1.29 is 15.0 Å². The van der Waals surface area contributed by atoms with Crippen LogP contribution in [0.25, 0.3) is 0 Å². The van der Waals surface area contributed by atoms with Gasteiger partial charge in [-0.15, -0.1) is 0 Å². The van der Waals surface area contributed by atoms with Crippen LogP contribution >= 0.6 is 23.2 Å². The number of amides is 2. The first kappa shape index (κ1) is 14.9. The van der Waals surface area contributed by atoms with Gasteiger partial charge in [0, 0.05) is 19.6 Å². The maximum Gasteiger partial charge on any atom is 0.317 e. The lowest BCUT2D eigenvalue weighted by molar-refractivity contribution is 0.197. The molecule has 0 saturated carbocycles. The third-order valence-corrected chi connectivity index (χ3v) is 2.96. The Morgan fingerprint density at radius 2 is 2.06 bits per heavy atom. The molecule has 5 nitrogen and oxygen atoms in total. The number of hydrogen-bond donors (Lipinski definition) is 3. The van der Waals surface area contributed by atoms with Gasteiger partial charge in [-0.05, 0) is 18.2 Å². The predicted octanol–water partition coefficient (Wildman–Crippen LogP) is 1.70. The maximum absolute atomic E-state index is 10.7. The minimum Gasteiger partial charge on any atom is -0.508 e.